The van der Waals surface area contributed by atoms with Gasteiger partial charge < -0.3 is 5.11 Å². The number of hydrogen-bond acceptors (Lipinski definition) is 4. The number of nitrogens with zero attached hydrogens (tertiary/aromatic N) is 1. The fourth-order valence-electron chi connectivity index (χ4n) is 0.540. The molecule has 0 fully saturated rings. The fraction of sp³-hybridized carbons (Fsp3) is 0. The van der Waals surface area contributed by atoms with Crippen LogP contribution in [0.15, 0.2) is 23.4 Å². The first kappa shape index (κ1) is 7.96. The van der Waals surface area contributed by atoms with Gasteiger partial charge in [-0.3, -0.25) is 4.55 Å². The van der Waals surface area contributed by atoms with Gasteiger partial charge in [-0.05, 0) is 6.07 Å². The molecule has 0 unspecified atom stereocenters. The van der Waals surface area contributed by atoms with E-state index in [1.54, 1.807) is 0 Å². The van der Waals surface area contributed by atoms with E-state index in [1.165, 1.54) is 6.07 Å². The van der Waals surface area contributed by atoms with Crippen molar-refractivity contribution in [1.82, 2.24) is 4.98 Å². The van der Waals surface area contributed by atoms with E-state index in [9.17, 15) is 8.42 Å². The lowest BCUT2D eigenvalue weighted by Crippen LogP contribution is -1.99. The van der Waals surface area contributed by atoms with Crippen molar-refractivity contribution in [3.8, 4) is 5.75 Å². The van der Waals surface area contributed by atoms with Crippen molar-refractivity contribution in [3.63, 3.8) is 0 Å². The Morgan fingerprint density at radius 2 is 2.09 bits per heavy atom. The minimum atomic E-state index is -4.30. The Labute approximate surface area is 63.1 Å². The molecule has 0 atom stereocenters. The second-order valence-electron chi connectivity index (χ2n) is 1.83. The molecule has 0 saturated heterocycles. The molecule has 0 radical (unpaired) electrons. The number of pyridine rings is 1. The summed E-state index contributed by atoms with van der Waals surface area (Å²) < 4.78 is 29.1. The standard InChI is InChI=1S/C5H5NO4S/c7-4-1-2-6-5(3-4)11(8,9)10/h1-3H,(H,6,7)(H,8,9,10). The van der Waals surface area contributed by atoms with Crippen LogP contribution in [0.25, 0.3) is 0 Å². The Bertz CT molecular complexity index is 359. The van der Waals surface area contributed by atoms with Gasteiger partial charge >= 0.3 is 10.1 Å². The maximum Gasteiger partial charge on any atom is 0.312 e. The summed E-state index contributed by atoms with van der Waals surface area (Å²) >= 11 is 0. The summed E-state index contributed by atoms with van der Waals surface area (Å²) in [5.74, 6) is -0.257. The van der Waals surface area contributed by atoms with Gasteiger partial charge in [-0.2, -0.15) is 8.42 Å². The van der Waals surface area contributed by atoms with Crippen LogP contribution in [0.4, 0.5) is 0 Å². The van der Waals surface area contributed by atoms with Gasteiger partial charge in [0.15, 0.2) is 5.03 Å². The third-order valence-corrected chi connectivity index (χ3v) is 1.73. The first-order chi connectivity index (χ1) is 5.00. The van der Waals surface area contributed by atoms with E-state index < -0.39 is 15.1 Å². The predicted molar refractivity (Wildman–Crippen MR) is 35.7 cm³/mol. The minimum absolute atomic E-state index is 0.257. The molecule has 2 N–H and O–H groups in total. The molecule has 1 aromatic heterocycles. The van der Waals surface area contributed by atoms with Crippen molar-refractivity contribution in [2.24, 2.45) is 0 Å². The normalized spacial score (nSPS) is 11.4. The highest BCUT2D eigenvalue weighted by Gasteiger charge is 2.10. The van der Waals surface area contributed by atoms with E-state index in [0.717, 1.165) is 12.3 Å². The van der Waals surface area contributed by atoms with Crippen molar-refractivity contribution < 1.29 is 18.1 Å². The molecule has 0 bridgehead atoms. The van der Waals surface area contributed by atoms with Crippen LogP contribution >= 0.6 is 0 Å². The number of aromatic nitrogens is 1. The van der Waals surface area contributed by atoms with E-state index >= 15 is 0 Å². The third kappa shape index (κ3) is 1.89. The van der Waals surface area contributed by atoms with E-state index in [0.29, 0.717) is 0 Å². The first-order valence-electron chi connectivity index (χ1n) is 2.62. The third-order valence-electron chi connectivity index (χ3n) is 0.983. The molecule has 60 valence electrons. The van der Waals surface area contributed by atoms with Crippen molar-refractivity contribution in [2.75, 3.05) is 0 Å². The average Bonchev–Trinajstić information content (AvgIpc) is 1.86. The lowest BCUT2D eigenvalue weighted by atomic mass is 10.5. The van der Waals surface area contributed by atoms with E-state index in [1.807, 2.05) is 0 Å². The average molecular weight is 175 g/mol. The summed E-state index contributed by atoms with van der Waals surface area (Å²) in [5.41, 5.74) is 0. The molecular formula is C5H5NO4S. The Hall–Kier alpha value is -1.14. The molecule has 0 aliphatic heterocycles. The van der Waals surface area contributed by atoms with Gasteiger partial charge in [0.05, 0.1) is 0 Å². The van der Waals surface area contributed by atoms with Gasteiger partial charge in [-0.1, -0.05) is 0 Å². The molecule has 0 saturated carbocycles. The number of aromatic hydroxyl groups is 1. The van der Waals surface area contributed by atoms with Gasteiger partial charge in [0, 0.05) is 12.3 Å². The summed E-state index contributed by atoms with van der Waals surface area (Å²) in [6.07, 6.45) is 1.08. The largest absolute Gasteiger partial charge is 0.508 e. The Morgan fingerprint density at radius 1 is 1.45 bits per heavy atom. The Morgan fingerprint density at radius 3 is 2.45 bits per heavy atom. The quantitative estimate of drug-likeness (QED) is 0.588. The van der Waals surface area contributed by atoms with Crippen LogP contribution in [0.3, 0.4) is 0 Å². The summed E-state index contributed by atoms with van der Waals surface area (Å²) in [6, 6.07) is 2.06. The van der Waals surface area contributed by atoms with Gasteiger partial charge in [0.2, 0.25) is 0 Å². The molecular weight excluding hydrogens is 170 g/mol. The van der Waals surface area contributed by atoms with Crippen LogP contribution in [-0.2, 0) is 10.1 Å². The molecule has 0 aromatic carbocycles. The topological polar surface area (TPSA) is 87.5 Å². The molecule has 0 spiro atoms. The van der Waals surface area contributed by atoms with Gasteiger partial charge in [0.1, 0.15) is 5.75 Å². The molecule has 1 heterocycles. The van der Waals surface area contributed by atoms with E-state index in [4.69, 9.17) is 9.66 Å². The zero-order chi connectivity index (χ0) is 8.48. The van der Waals surface area contributed by atoms with Gasteiger partial charge in [0.25, 0.3) is 0 Å². The Balaban J connectivity index is 3.28. The maximum absolute atomic E-state index is 10.4. The second kappa shape index (κ2) is 2.48. The number of rotatable bonds is 1. The molecule has 0 aliphatic carbocycles. The van der Waals surface area contributed by atoms with E-state index in [2.05, 4.69) is 4.98 Å². The molecule has 5 nitrogen and oxygen atoms in total. The highest BCUT2D eigenvalue weighted by atomic mass is 32.2. The smallest absolute Gasteiger partial charge is 0.312 e. The van der Waals surface area contributed by atoms with Crippen LogP contribution in [0.1, 0.15) is 0 Å². The van der Waals surface area contributed by atoms with Gasteiger partial charge in [-0.25, -0.2) is 4.98 Å². The van der Waals surface area contributed by atoms with Crippen LogP contribution in [0.2, 0.25) is 0 Å². The summed E-state index contributed by atoms with van der Waals surface area (Å²) in [5, 5.41) is 8.20. The molecule has 0 amide bonds. The van der Waals surface area contributed by atoms with Crippen molar-refractivity contribution >= 4 is 10.1 Å². The van der Waals surface area contributed by atoms with Gasteiger partial charge in [-0.15, -0.1) is 0 Å². The zero-order valence-electron chi connectivity index (χ0n) is 5.30. The molecule has 1 aromatic rings. The van der Waals surface area contributed by atoms with Crippen LogP contribution in [-0.4, -0.2) is 23.1 Å². The number of hydrogen-bond donors (Lipinski definition) is 2. The van der Waals surface area contributed by atoms with Crippen LogP contribution < -0.4 is 0 Å². The SMILES string of the molecule is O=S(=O)(O)c1cc(O)ccn1. The van der Waals surface area contributed by atoms with Crippen LogP contribution in [0, 0.1) is 0 Å². The highest BCUT2D eigenvalue weighted by molar-refractivity contribution is 7.85. The lowest BCUT2D eigenvalue weighted by Gasteiger charge is -1.94. The van der Waals surface area contributed by atoms with Crippen molar-refractivity contribution in [1.29, 1.82) is 0 Å². The first-order valence-corrected chi connectivity index (χ1v) is 4.06. The highest BCUT2D eigenvalue weighted by Crippen LogP contribution is 2.11. The zero-order valence-corrected chi connectivity index (χ0v) is 6.11. The molecule has 0 aliphatic rings. The maximum atomic E-state index is 10.4. The minimum Gasteiger partial charge on any atom is -0.508 e. The predicted octanol–water partition coefficient (Wildman–Crippen LogP) is 0.0339. The molecule has 1 rings (SSSR count). The monoisotopic (exact) mass is 175 g/mol. The lowest BCUT2D eigenvalue weighted by molar-refractivity contribution is 0.462. The fourth-order valence-corrected chi connectivity index (χ4v) is 1.00. The summed E-state index contributed by atoms with van der Waals surface area (Å²) in [4.78, 5) is 3.31. The summed E-state index contributed by atoms with van der Waals surface area (Å²) in [6.45, 7) is 0. The van der Waals surface area contributed by atoms with Crippen molar-refractivity contribution in [3.05, 3.63) is 18.3 Å². The Kier molecular flexibility index (Phi) is 1.79. The molecule has 11 heavy (non-hydrogen) atoms. The molecule has 6 heteroatoms. The van der Waals surface area contributed by atoms with Crippen LogP contribution in [0.5, 0.6) is 5.75 Å². The second-order valence-corrected chi connectivity index (χ2v) is 3.20. The summed E-state index contributed by atoms with van der Waals surface area (Å²) in [7, 11) is -4.30. The van der Waals surface area contributed by atoms with Crippen molar-refractivity contribution in [2.45, 2.75) is 5.03 Å². The van der Waals surface area contributed by atoms with E-state index in [-0.39, 0.29) is 5.75 Å².